The predicted molar refractivity (Wildman–Crippen MR) is 91.8 cm³/mol. The lowest BCUT2D eigenvalue weighted by Gasteiger charge is -2.31. The standard InChI is InChI=1S/C16H12ClF4N3O2S/c1-3-8-24(27(25,26)13-6-4-12(18)5-7-13)23(2)15-14(17)9-11(10-22-15)16(19,20)21/h1,4-7,9-10H,8H2,2H3. The largest absolute Gasteiger partial charge is 0.417 e. The van der Waals surface area contributed by atoms with Crippen LogP contribution < -0.4 is 5.01 Å². The molecule has 1 aromatic heterocycles. The van der Waals surface area contributed by atoms with Crippen LogP contribution in [0.4, 0.5) is 23.4 Å². The summed E-state index contributed by atoms with van der Waals surface area (Å²) in [5, 5.41) is 0.491. The van der Waals surface area contributed by atoms with Crippen LogP contribution in [0.5, 0.6) is 0 Å². The highest BCUT2D eigenvalue weighted by Gasteiger charge is 2.34. The van der Waals surface area contributed by atoms with Crippen molar-refractivity contribution in [1.82, 2.24) is 9.40 Å². The van der Waals surface area contributed by atoms with Gasteiger partial charge < -0.3 is 0 Å². The minimum Gasteiger partial charge on any atom is -0.277 e. The van der Waals surface area contributed by atoms with Gasteiger partial charge in [-0.05, 0) is 30.3 Å². The van der Waals surface area contributed by atoms with Gasteiger partial charge in [0.2, 0.25) is 0 Å². The Balaban J connectivity index is 2.48. The summed E-state index contributed by atoms with van der Waals surface area (Å²) in [5.74, 6) is 1.24. The number of anilines is 1. The molecule has 0 unspecified atom stereocenters. The van der Waals surface area contributed by atoms with E-state index in [-0.39, 0.29) is 10.7 Å². The average molecular weight is 422 g/mol. The smallest absolute Gasteiger partial charge is 0.277 e. The van der Waals surface area contributed by atoms with E-state index < -0.39 is 39.1 Å². The highest BCUT2D eigenvalue weighted by atomic mass is 35.5. The molecule has 0 N–H and O–H groups in total. The molecule has 144 valence electrons. The van der Waals surface area contributed by atoms with Crippen molar-refractivity contribution in [3.63, 3.8) is 0 Å². The van der Waals surface area contributed by atoms with E-state index in [1.54, 1.807) is 0 Å². The molecule has 2 aromatic rings. The van der Waals surface area contributed by atoms with Crippen molar-refractivity contribution < 1.29 is 26.0 Å². The average Bonchev–Trinajstić information content (AvgIpc) is 2.58. The number of aromatic nitrogens is 1. The van der Waals surface area contributed by atoms with Crippen LogP contribution in [0.25, 0.3) is 0 Å². The Bertz CT molecular complexity index is 973. The third-order valence-corrected chi connectivity index (χ3v) is 5.48. The van der Waals surface area contributed by atoms with Gasteiger partial charge in [-0.25, -0.2) is 17.8 Å². The van der Waals surface area contributed by atoms with E-state index in [4.69, 9.17) is 18.0 Å². The Kier molecular flexibility index (Phi) is 5.99. The topological polar surface area (TPSA) is 53.5 Å². The summed E-state index contributed by atoms with van der Waals surface area (Å²) < 4.78 is 77.6. The molecule has 1 aromatic carbocycles. The van der Waals surface area contributed by atoms with E-state index in [0.717, 1.165) is 29.3 Å². The number of benzene rings is 1. The second kappa shape index (κ2) is 7.72. The van der Waals surface area contributed by atoms with Crippen molar-refractivity contribution in [1.29, 1.82) is 0 Å². The molecular formula is C16H12ClF4N3O2S. The van der Waals surface area contributed by atoms with Crippen molar-refractivity contribution in [2.75, 3.05) is 18.6 Å². The second-order valence-electron chi connectivity index (χ2n) is 5.19. The first-order valence-corrected chi connectivity index (χ1v) is 8.98. The van der Waals surface area contributed by atoms with Crippen LogP contribution in [0.1, 0.15) is 5.56 Å². The van der Waals surface area contributed by atoms with E-state index in [2.05, 4.69) is 10.9 Å². The van der Waals surface area contributed by atoms with Crippen LogP contribution in [0.2, 0.25) is 5.02 Å². The number of hydrazine groups is 1. The van der Waals surface area contributed by atoms with Crippen LogP contribution >= 0.6 is 11.6 Å². The van der Waals surface area contributed by atoms with Gasteiger partial charge in [0.25, 0.3) is 10.0 Å². The summed E-state index contributed by atoms with van der Waals surface area (Å²) in [4.78, 5) is 3.34. The molecule has 0 fully saturated rings. The zero-order chi connectivity index (χ0) is 20.4. The quantitative estimate of drug-likeness (QED) is 0.421. The minimum atomic E-state index is -4.66. The van der Waals surface area contributed by atoms with Gasteiger partial charge in [-0.1, -0.05) is 21.9 Å². The Labute approximate surface area is 158 Å². The number of hydrogen-bond acceptors (Lipinski definition) is 4. The number of halogens is 5. The monoisotopic (exact) mass is 421 g/mol. The molecule has 0 aliphatic carbocycles. The number of pyridine rings is 1. The lowest BCUT2D eigenvalue weighted by molar-refractivity contribution is -0.137. The van der Waals surface area contributed by atoms with Crippen molar-refractivity contribution in [2.45, 2.75) is 11.1 Å². The third-order valence-electron chi connectivity index (χ3n) is 3.41. The normalized spacial score (nSPS) is 12.1. The van der Waals surface area contributed by atoms with Crippen LogP contribution in [0.3, 0.4) is 0 Å². The van der Waals surface area contributed by atoms with E-state index >= 15 is 0 Å². The number of nitrogens with zero attached hydrogens (tertiary/aromatic N) is 3. The summed E-state index contributed by atoms with van der Waals surface area (Å²) in [6.45, 7) is -0.463. The van der Waals surface area contributed by atoms with Gasteiger partial charge in [0.1, 0.15) is 5.82 Å². The van der Waals surface area contributed by atoms with Gasteiger partial charge in [0, 0.05) is 13.2 Å². The highest BCUT2D eigenvalue weighted by Crippen LogP contribution is 2.34. The van der Waals surface area contributed by atoms with Gasteiger partial charge in [-0.3, -0.25) is 5.01 Å². The Morgan fingerprint density at radius 1 is 1.26 bits per heavy atom. The third kappa shape index (κ3) is 4.50. The summed E-state index contributed by atoms with van der Waals surface area (Å²) in [6, 6.07) is 4.58. The van der Waals surface area contributed by atoms with Crippen molar-refractivity contribution in [2.24, 2.45) is 0 Å². The Morgan fingerprint density at radius 3 is 2.33 bits per heavy atom. The maximum Gasteiger partial charge on any atom is 0.417 e. The van der Waals surface area contributed by atoms with Gasteiger partial charge in [-0.15, -0.1) is 6.42 Å². The number of sulfonamides is 1. The van der Waals surface area contributed by atoms with E-state index in [1.807, 2.05) is 0 Å². The summed E-state index contributed by atoms with van der Waals surface area (Å²) in [6.07, 6.45) is 1.08. The molecule has 0 saturated carbocycles. The van der Waals surface area contributed by atoms with E-state index in [9.17, 15) is 26.0 Å². The molecule has 0 aliphatic rings. The molecular weight excluding hydrogens is 410 g/mol. The molecule has 1 heterocycles. The molecule has 11 heteroatoms. The summed E-state index contributed by atoms with van der Waals surface area (Å²) >= 11 is 5.86. The molecule has 0 amide bonds. The first-order valence-electron chi connectivity index (χ1n) is 7.16. The molecule has 27 heavy (non-hydrogen) atoms. The van der Waals surface area contributed by atoms with E-state index in [0.29, 0.717) is 16.7 Å². The van der Waals surface area contributed by atoms with Crippen LogP contribution in [0.15, 0.2) is 41.4 Å². The predicted octanol–water partition coefficient (Wildman–Crippen LogP) is 3.57. The van der Waals surface area contributed by atoms with Crippen molar-refractivity contribution in [3.05, 3.63) is 52.9 Å². The number of alkyl halides is 3. The molecule has 0 atom stereocenters. The zero-order valence-electron chi connectivity index (χ0n) is 13.7. The van der Waals surface area contributed by atoms with Crippen molar-refractivity contribution in [3.8, 4) is 12.3 Å². The highest BCUT2D eigenvalue weighted by molar-refractivity contribution is 7.89. The molecule has 0 saturated heterocycles. The van der Waals surface area contributed by atoms with Crippen LogP contribution in [-0.2, 0) is 16.2 Å². The van der Waals surface area contributed by atoms with Gasteiger partial charge >= 0.3 is 6.18 Å². The van der Waals surface area contributed by atoms with E-state index in [1.165, 1.54) is 7.05 Å². The fourth-order valence-electron chi connectivity index (χ4n) is 2.09. The molecule has 0 radical (unpaired) electrons. The van der Waals surface area contributed by atoms with Crippen molar-refractivity contribution >= 4 is 27.4 Å². The fourth-order valence-corrected chi connectivity index (χ4v) is 3.74. The zero-order valence-corrected chi connectivity index (χ0v) is 15.3. The van der Waals surface area contributed by atoms with Gasteiger partial charge in [-0.2, -0.15) is 13.2 Å². The van der Waals surface area contributed by atoms with Gasteiger partial charge in [0.05, 0.1) is 22.0 Å². The first kappa shape index (κ1) is 21.0. The van der Waals surface area contributed by atoms with Gasteiger partial charge in [0.15, 0.2) is 5.82 Å². The SMILES string of the molecule is C#CCN(N(C)c1ncc(C(F)(F)F)cc1Cl)S(=O)(=O)c1ccc(F)cc1. The first-order chi connectivity index (χ1) is 12.5. The Morgan fingerprint density at radius 2 is 1.85 bits per heavy atom. The van der Waals surface area contributed by atoms with Crippen LogP contribution in [0, 0.1) is 18.2 Å². The number of hydrogen-bond donors (Lipinski definition) is 0. The summed E-state index contributed by atoms with van der Waals surface area (Å²) in [7, 11) is -3.03. The number of rotatable bonds is 5. The maximum atomic E-state index is 13.1. The lowest BCUT2D eigenvalue weighted by atomic mass is 10.3. The molecule has 0 bridgehead atoms. The lowest BCUT2D eigenvalue weighted by Crippen LogP contribution is -2.45. The molecule has 0 spiro atoms. The molecule has 2 rings (SSSR count). The fraction of sp³-hybridized carbons (Fsp3) is 0.188. The second-order valence-corrected chi connectivity index (χ2v) is 7.44. The molecule has 5 nitrogen and oxygen atoms in total. The Hall–Kier alpha value is -2.35. The van der Waals surface area contributed by atoms with Crippen LogP contribution in [-0.4, -0.2) is 31.4 Å². The maximum absolute atomic E-state index is 13.1. The minimum absolute atomic E-state index is 0.259. The molecule has 0 aliphatic heterocycles. The number of terminal acetylenes is 1. The summed E-state index contributed by atoms with van der Waals surface area (Å²) in [5.41, 5.74) is -1.09.